The van der Waals surface area contributed by atoms with E-state index in [1.807, 2.05) is 30.3 Å². The molecule has 0 saturated carbocycles. The van der Waals surface area contributed by atoms with Crippen LogP contribution in [-0.4, -0.2) is 4.28 Å². The molecule has 10 heavy (non-hydrogen) atoms. The topological polar surface area (TPSA) is 26.0 Å². The average molecular weight is 218 g/mol. The Bertz CT molecular complexity index is 188. The van der Waals surface area contributed by atoms with E-state index in [1.54, 1.807) is 11.8 Å². The molecule has 54 valence electrons. The highest BCUT2D eigenvalue weighted by atomic mass is 79.9. The van der Waals surface area contributed by atoms with Crippen molar-refractivity contribution in [3.63, 3.8) is 0 Å². The summed E-state index contributed by atoms with van der Waals surface area (Å²) in [6, 6.07) is 10.1. The fourth-order valence-corrected chi connectivity index (χ4v) is 1.85. The van der Waals surface area contributed by atoms with Crippen LogP contribution in [0.5, 0.6) is 0 Å². The van der Waals surface area contributed by atoms with E-state index in [2.05, 4.69) is 15.9 Å². The normalized spacial score (nSPS) is 13.0. The first-order valence-electron chi connectivity index (χ1n) is 2.90. The van der Waals surface area contributed by atoms with Gasteiger partial charge in [0.2, 0.25) is 0 Å². The van der Waals surface area contributed by atoms with Crippen LogP contribution in [0.3, 0.4) is 0 Å². The SMILES string of the molecule is NC(Br)Sc1ccccc1. The Morgan fingerprint density at radius 1 is 1.30 bits per heavy atom. The highest BCUT2D eigenvalue weighted by Gasteiger charge is 1.96. The molecule has 0 amide bonds. The third-order valence-corrected chi connectivity index (χ3v) is 2.32. The van der Waals surface area contributed by atoms with Crippen LogP contribution < -0.4 is 5.73 Å². The average Bonchev–Trinajstić information content (AvgIpc) is 1.88. The molecule has 1 aromatic carbocycles. The summed E-state index contributed by atoms with van der Waals surface area (Å²) >= 11 is 4.84. The Morgan fingerprint density at radius 3 is 2.40 bits per heavy atom. The number of hydrogen-bond donors (Lipinski definition) is 1. The Labute approximate surface area is 73.1 Å². The molecule has 0 fully saturated rings. The first-order chi connectivity index (χ1) is 4.79. The van der Waals surface area contributed by atoms with Gasteiger partial charge in [-0.15, -0.1) is 0 Å². The van der Waals surface area contributed by atoms with Crippen molar-refractivity contribution in [1.82, 2.24) is 0 Å². The van der Waals surface area contributed by atoms with Gasteiger partial charge in [-0.3, -0.25) is 0 Å². The van der Waals surface area contributed by atoms with Gasteiger partial charge in [-0.25, -0.2) is 0 Å². The minimum Gasteiger partial charge on any atom is -0.310 e. The maximum Gasteiger partial charge on any atom is 0.112 e. The molecule has 3 heteroatoms. The number of benzene rings is 1. The van der Waals surface area contributed by atoms with Crippen molar-refractivity contribution >= 4 is 27.7 Å². The van der Waals surface area contributed by atoms with Gasteiger partial charge in [-0.05, 0) is 12.1 Å². The first kappa shape index (κ1) is 8.11. The second kappa shape index (κ2) is 4.01. The lowest BCUT2D eigenvalue weighted by Crippen LogP contribution is -2.03. The van der Waals surface area contributed by atoms with Crippen molar-refractivity contribution in [2.75, 3.05) is 0 Å². The van der Waals surface area contributed by atoms with E-state index >= 15 is 0 Å². The fourth-order valence-electron chi connectivity index (χ4n) is 0.629. The predicted molar refractivity (Wildman–Crippen MR) is 49.2 cm³/mol. The summed E-state index contributed by atoms with van der Waals surface area (Å²) in [6.45, 7) is 0. The maximum atomic E-state index is 5.50. The molecule has 0 spiro atoms. The number of thioether (sulfide) groups is 1. The standard InChI is InChI=1S/C7H8BrNS/c8-7(9)10-6-4-2-1-3-5-6/h1-5,7H,9H2. The lowest BCUT2D eigenvalue weighted by atomic mass is 10.4. The summed E-state index contributed by atoms with van der Waals surface area (Å²) in [5, 5.41) is 0. The van der Waals surface area contributed by atoms with Gasteiger partial charge in [0.15, 0.2) is 0 Å². The van der Waals surface area contributed by atoms with Gasteiger partial charge in [-0.1, -0.05) is 45.9 Å². The molecule has 0 aromatic heterocycles. The van der Waals surface area contributed by atoms with Crippen LogP contribution in [0.15, 0.2) is 35.2 Å². The molecule has 0 aliphatic heterocycles. The van der Waals surface area contributed by atoms with Crippen molar-refractivity contribution in [2.45, 2.75) is 9.18 Å². The zero-order valence-electron chi connectivity index (χ0n) is 5.33. The second-order valence-corrected chi connectivity index (χ2v) is 4.59. The van der Waals surface area contributed by atoms with Gasteiger partial charge in [-0.2, -0.15) is 0 Å². The van der Waals surface area contributed by atoms with Crippen molar-refractivity contribution in [1.29, 1.82) is 0 Å². The molecule has 1 unspecified atom stereocenters. The van der Waals surface area contributed by atoms with Gasteiger partial charge < -0.3 is 5.73 Å². The van der Waals surface area contributed by atoms with Crippen LogP contribution in [0, 0.1) is 0 Å². The molecular formula is C7H8BrNS. The molecule has 0 heterocycles. The summed E-state index contributed by atoms with van der Waals surface area (Å²) in [7, 11) is 0. The highest BCUT2D eigenvalue weighted by Crippen LogP contribution is 2.22. The van der Waals surface area contributed by atoms with Gasteiger partial charge in [0.05, 0.1) is 0 Å². The van der Waals surface area contributed by atoms with Gasteiger partial charge >= 0.3 is 0 Å². The lowest BCUT2D eigenvalue weighted by Gasteiger charge is -2.00. The molecule has 0 aliphatic rings. The summed E-state index contributed by atoms with van der Waals surface area (Å²) in [6.07, 6.45) is 0. The van der Waals surface area contributed by atoms with Crippen LogP contribution in [0.1, 0.15) is 0 Å². The van der Waals surface area contributed by atoms with Crippen LogP contribution in [-0.2, 0) is 0 Å². The van der Waals surface area contributed by atoms with Gasteiger partial charge in [0, 0.05) is 4.90 Å². The Morgan fingerprint density at radius 2 is 1.90 bits per heavy atom. The van der Waals surface area contributed by atoms with Crippen LogP contribution >= 0.6 is 27.7 Å². The monoisotopic (exact) mass is 217 g/mol. The third-order valence-electron chi connectivity index (χ3n) is 0.992. The number of nitrogens with two attached hydrogens (primary N) is 1. The minimum atomic E-state index is -0.00472. The lowest BCUT2D eigenvalue weighted by molar-refractivity contribution is 1.31. The van der Waals surface area contributed by atoms with Crippen molar-refractivity contribution in [2.24, 2.45) is 5.73 Å². The van der Waals surface area contributed by atoms with Crippen LogP contribution in [0.4, 0.5) is 0 Å². The molecule has 0 bridgehead atoms. The van der Waals surface area contributed by atoms with E-state index in [4.69, 9.17) is 5.73 Å². The molecular weight excluding hydrogens is 210 g/mol. The molecule has 0 radical (unpaired) electrons. The fraction of sp³-hybridized carbons (Fsp3) is 0.143. The third kappa shape index (κ3) is 2.73. The van der Waals surface area contributed by atoms with E-state index in [0.717, 1.165) is 0 Å². The van der Waals surface area contributed by atoms with E-state index in [0.29, 0.717) is 0 Å². The minimum absolute atomic E-state index is 0.00472. The van der Waals surface area contributed by atoms with E-state index in [1.165, 1.54) is 4.90 Å². The highest BCUT2D eigenvalue weighted by molar-refractivity contribution is 9.11. The smallest absolute Gasteiger partial charge is 0.112 e. The molecule has 1 rings (SSSR count). The predicted octanol–water partition coefficient (Wildman–Crippen LogP) is 2.42. The van der Waals surface area contributed by atoms with Crippen molar-refractivity contribution < 1.29 is 0 Å². The maximum absolute atomic E-state index is 5.50. The van der Waals surface area contributed by atoms with E-state index in [-0.39, 0.29) is 4.28 Å². The Kier molecular flexibility index (Phi) is 3.25. The summed E-state index contributed by atoms with van der Waals surface area (Å²) in [5.74, 6) is 0. The second-order valence-electron chi connectivity index (χ2n) is 1.78. The van der Waals surface area contributed by atoms with Gasteiger partial charge in [0.1, 0.15) is 4.28 Å². The van der Waals surface area contributed by atoms with Crippen molar-refractivity contribution in [3.05, 3.63) is 30.3 Å². The number of hydrogen-bond acceptors (Lipinski definition) is 2. The summed E-state index contributed by atoms with van der Waals surface area (Å²) in [4.78, 5) is 1.19. The van der Waals surface area contributed by atoms with Gasteiger partial charge in [0.25, 0.3) is 0 Å². The molecule has 1 aromatic rings. The largest absolute Gasteiger partial charge is 0.310 e. The summed E-state index contributed by atoms with van der Waals surface area (Å²) < 4.78 is -0.00472. The van der Waals surface area contributed by atoms with Crippen LogP contribution in [0.25, 0.3) is 0 Å². The quantitative estimate of drug-likeness (QED) is 0.357. The van der Waals surface area contributed by atoms with E-state index in [9.17, 15) is 0 Å². The number of halogens is 1. The molecule has 2 N–H and O–H groups in total. The van der Waals surface area contributed by atoms with Crippen LogP contribution in [0.2, 0.25) is 0 Å². The van der Waals surface area contributed by atoms with E-state index < -0.39 is 0 Å². The van der Waals surface area contributed by atoms with Crippen molar-refractivity contribution in [3.8, 4) is 0 Å². The molecule has 1 atom stereocenters. The first-order valence-corrected chi connectivity index (χ1v) is 4.70. The zero-order valence-corrected chi connectivity index (χ0v) is 7.73. The zero-order chi connectivity index (χ0) is 7.40. The number of rotatable bonds is 2. The molecule has 0 aliphatic carbocycles. The summed E-state index contributed by atoms with van der Waals surface area (Å²) in [5.41, 5.74) is 5.50. The number of alkyl halides is 1. The molecule has 1 nitrogen and oxygen atoms in total. The Balaban J connectivity index is 2.59. The Hall–Kier alpha value is 0.0100. The molecule has 0 saturated heterocycles.